The molecule has 60 valence electrons. The number of hydrogen-bond acceptors (Lipinski definition) is 2. The maximum atomic E-state index is 7.00. The number of nitrogens with two attached hydrogens (primary N) is 1. The van der Waals surface area contributed by atoms with Gasteiger partial charge in [0.05, 0.1) is 16.7 Å². The summed E-state index contributed by atoms with van der Waals surface area (Å²) in [6.07, 6.45) is 0.351. The lowest BCUT2D eigenvalue weighted by atomic mass is 10.3. The van der Waals surface area contributed by atoms with Gasteiger partial charge in [0.15, 0.2) is 4.67 Å². The van der Waals surface area contributed by atoms with Crippen LogP contribution in [0.2, 0.25) is 0 Å². The van der Waals surface area contributed by atoms with Crippen molar-refractivity contribution in [1.82, 2.24) is 0 Å². The zero-order valence-corrected chi connectivity index (χ0v) is 8.70. The molecule has 3 nitrogen and oxygen atoms in total. The van der Waals surface area contributed by atoms with Crippen LogP contribution >= 0.6 is 31.9 Å². The minimum Gasteiger partial charge on any atom is -0.453 e. The number of amidine groups is 1. The van der Waals surface area contributed by atoms with Crippen molar-refractivity contribution in [1.29, 1.82) is 5.41 Å². The molecule has 0 amide bonds. The molecule has 0 aromatic carbocycles. The smallest absolute Gasteiger partial charge is 0.183 e. The number of furan rings is 1. The summed E-state index contributed by atoms with van der Waals surface area (Å²) in [6.45, 7) is 0. The van der Waals surface area contributed by atoms with Crippen molar-refractivity contribution in [3.63, 3.8) is 0 Å². The second-order valence-corrected chi connectivity index (χ2v) is 3.61. The van der Waals surface area contributed by atoms with Crippen LogP contribution in [-0.2, 0) is 6.42 Å². The Bertz CT molecular complexity index is 263. The van der Waals surface area contributed by atoms with Crippen LogP contribution in [0.15, 0.2) is 19.6 Å². The predicted molar refractivity (Wildman–Crippen MR) is 49.7 cm³/mol. The van der Waals surface area contributed by atoms with Crippen LogP contribution in [-0.4, -0.2) is 5.84 Å². The van der Waals surface area contributed by atoms with Gasteiger partial charge in [0.2, 0.25) is 0 Å². The highest BCUT2D eigenvalue weighted by atomic mass is 79.9. The van der Waals surface area contributed by atoms with Gasteiger partial charge in [0.1, 0.15) is 5.76 Å². The molecule has 0 unspecified atom stereocenters. The molecule has 0 atom stereocenters. The quantitative estimate of drug-likeness (QED) is 0.645. The Morgan fingerprint density at radius 2 is 2.27 bits per heavy atom. The van der Waals surface area contributed by atoms with Gasteiger partial charge in [-0.25, -0.2) is 0 Å². The van der Waals surface area contributed by atoms with E-state index in [0.29, 0.717) is 16.9 Å². The fourth-order valence-corrected chi connectivity index (χ4v) is 1.32. The fraction of sp³-hybridized carbons (Fsp3) is 0.167. The number of nitrogens with one attached hydrogen (secondary N) is 1. The SMILES string of the molecule is N=C(N)Cc1cc(Br)c(Br)o1. The first kappa shape index (κ1) is 8.80. The summed E-state index contributed by atoms with van der Waals surface area (Å²) in [5.41, 5.74) is 5.18. The second-order valence-electron chi connectivity index (χ2n) is 2.04. The zero-order valence-electron chi connectivity index (χ0n) is 5.53. The molecule has 0 spiro atoms. The van der Waals surface area contributed by atoms with E-state index >= 15 is 0 Å². The van der Waals surface area contributed by atoms with Crippen molar-refractivity contribution >= 4 is 37.7 Å². The van der Waals surface area contributed by atoms with Crippen molar-refractivity contribution in [2.45, 2.75) is 6.42 Å². The average Bonchev–Trinajstić information content (AvgIpc) is 2.10. The zero-order chi connectivity index (χ0) is 8.43. The van der Waals surface area contributed by atoms with Crippen LogP contribution < -0.4 is 5.73 Å². The van der Waals surface area contributed by atoms with Crippen LogP contribution in [0.4, 0.5) is 0 Å². The van der Waals surface area contributed by atoms with Crippen molar-refractivity contribution in [3.05, 3.63) is 21.0 Å². The molecule has 5 heteroatoms. The third kappa shape index (κ3) is 2.34. The average molecular weight is 282 g/mol. The molecule has 1 heterocycles. The van der Waals surface area contributed by atoms with Gasteiger partial charge in [0, 0.05) is 0 Å². The molecule has 0 fully saturated rings. The molecular weight excluding hydrogens is 276 g/mol. The van der Waals surface area contributed by atoms with Gasteiger partial charge in [-0.15, -0.1) is 0 Å². The van der Waals surface area contributed by atoms with E-state index in [1.807, 2.05) is 0 Å². The first-order valence-corrected chi connectivity index (χ1v) is 4.45. The Balaban J connectivity index is 2.81. The molecule has 0 saturated carbocycles. The second kappa shape index (κ2) is 3.40. The minimum atomic E-state index is 0.0961. The number of hydrogen-bond donors (Lipinski definition) is 2. The fourth-order valence-electron chi connectivity index (χ4n) is 0.666. The van der Waals surface area contributed by atoms with Crippen LogP contribution in [0.3, 0.4) is 0 Å². The van der Waals surface area contributed by atoms with Crippen LogP contribution in [0, 0.1) is 5.41 Å². The van der Waals surface area contributed by atoms with Gasteiger partial charge in [0.25, 0.3) is 0 Å². The largest absolute Gasteiger partial charge is 0.453 e. The molecule has 1 aromatic heterocycles. The molecule has 11 heavy (non-hydrogen) atoms. The topological polar surface area (TPSA) is 63.0 Å². The molecular formula is C6H6Br2N2O. The molecule has 0 radical (unpaired) electrons. The molecule has 3 N–H and O–H groups in total. The summed E-state index contributed by atoms with van der Waals surface area (Å²) >= 11 is 6.44. The maximum Gasteiger partial charge on any atom is 0.183 e. The van der Waals surface area contributed by atoms with Gasteiger partial charge in [-0.2, -0.15) is 0 Å². The number of halogens is 2. The van der Waals surface area contributed by atoms with Crippen LogP contribution in [0.5, 0.6) is 0 Å². The highest BCUT2D eigenvalue weighted by molar-refractivity contribution is 9.13. The van der Waals surface area contributed by atoms with E-state index in [0.717, 1.165) is 4.47 Å². The predicted octanol–water partition coefficient (Wildman–Crippen LogP) is 2.28. The van der Waals surface area contributed by atoms with Crippen molar-refractivity contribution in [3.8, 4) is 0 Å². The van der Waals surface area contributed by atoms with Gasteiger partial charge in [-0.05, 0) is 37.9 Å². The Morgan fingerprint density at radius 1 is 1.64 bits per heavy atom. The highest BCUT2D eigenvalue weighted by Crippen LogP contribution is 2.26. The summed E-state index contributed by atoms with van der Waals surface area (Å²) in [5.74, 6) is 0.773. The lowest BCUT2D eigenvalue weighted by Crippen LogP contribution is -2.11. The van der Waals surface area contributed by atoms with Crippen LogP contribution in [0.25, 0.3) is 0 Å². The van der Waals surface area contributed by atoms with E-state index in [9.17, 15) is 0 Å². The Morgan fingerprint density at radius 3 is 2.64 bits per heavy atom. The summed E-state index contributed by atoms with van der Waals surface area (Å²) in [4.78, 5) is 0. The Hall–Kier alpha value is -0.290. The third-order valence-electron chi connectivity index (χ3n) is 1.06. The third-order valence-corrected chi connectivity index (χ3v) is 2.77. The molecule has 1 rings (SSSR count). The maximum absolute atomic E-state index is 7.00. The molecule has 0 aliphatic heterocycles. The van der Waals surface area contributed by atoms with E-state index in [1.165, 1.54) is 0 Å². The normalized spacial score (nSPS) is 10.0. The van der Waals surface area contributed by atoms with Gasteiger partial charge < -0.3 is 10.2 Å². The van der Waals surface area contributed by atoms with Gasteiger partial charge in [-0.3, -0.25) is 5.41 Å². The molecule has 0 aliphatic rings. The van der Waals surface area contributed by atoms with E-state index in [2.05, 4.69) is 31.9 Å². The monoisotopic (exact) mass is 280 g/mol. The summed E-state index contributed by atoms with van der Waals surface area (Å²) in [6, 6.07) is 1.78. The lowest BCUT2D eigenvalue weighted by molar-refractivity contribution is 0.501. The standard InChI is InChI=1S/C6H6Br2N2O/c7-4-1-3(2-5(9)10)11-6(4)8/h1H,2H2,(H3,9,10). The van der Waals surface area contributed by atoms with Crippen molar-refractivity contribution in [2.24, 2.45) is 5.73 Å². The first-order chi connectivity index (χ1) is 5.09. The number of rotatable bonds is 2. The summed E-state index contributed by atoms with van der Waals surface area (Å²) < 4.78 is 6.65. The first-order valence-electron chi connectivity index (χ1n) is 2.86. The van der Waals surface area contributed by atoms with Crippen molar-refractivity contribution in [2.75, 3.05) is 0 Å². The highest BCUT2D eigenvalue weighted by Gasteiger charge is 2.06. The summed E-state index contributed by atoms with van der Waals surface area (Å²) in [7, 11) is 0. The van der Waals surface area contributed by atoms with Crippen LogP contribution in [0.1, 0.15) is 5.76 Å². The minimum absolute atomic E-state index is 0.0961. The van der Waals surface area contributed by atoms with Gasteiger partial charge in [-0.1, -0.05) is 0 Å². The van der Waals surface area contributed by atoms with Crippen molar-refractivity contribution < 1.29 is 4.42 Å². The van der Waals surface area contributed by atoms with E-state index < -0.39 is 0 Å². The molecule has 1 aromatic rings. The van der Waals surface area contributed by atoms with E-state index in [1.54, 1.807) is 6.07 Å². The lowest BCUT2D eigenvalue weighted by Gasteiger charge is -1.90. The molecule has 0 bridgehead atoms. The van der Waals surface area contributed by atoms with Gasteiger partial charge >= 0.3 is 0 Å². The molecule has 0 saturated heterocycles. The Kier molecular flexibility index (Phi) is 2.72. The molecule has 0 aliphatic carbocycles. The van der Waals surface area contributed by atoms with E-state index in [-0.39, 0.29) is 5.84 Å². The Labute approximate surface area is 80.7 Å². The summed E-state index contributed by atoms with van der Waals surface area (Å²) in [5, 5.41) is 7.00. The van der Waals surface area contributed by atoms with E-state index in [4.69, 9.17) is 15.6 Å².